The maximum atomic E-state index is 13.4. The van der Waals surface area contributed by atoms with E-state index < -0.39 is 17.8 Å². The van der Waals surface area contributed by atoms with Crippen LogP contribution >= 0.6 is 11.3 Å². The standard InChI is InChI=1S/C25H22F2N2O5S/c1-3-31-25(30)34-21-10-29-24(28)22-16(13-35-23(21)22)12-33-20-5-14(2)4-19(9-20)32-11-15-6-17(26)8-18(27)7-15/h4-10,13H,3,11-12H2,1-2H3,(H2,28,29). The fourth-order valence-electron chi connectivity index (χ4n) is 3.43. The van der Waals surface area contributed by atoms with E-state index in [2.05, 4.69) is 4.98 Å². The summed E-state index contributed by atoms with van der Waals surface area (Å²) in [6.07, 6.45) is 0.560. The Morgan fingerprint density at radius 2 is 1.71 bits per heavy atom. The normalized spacial score (nSPS) is 10.9. The molecule has 2 N–H and O–H groups in total. The van der Waals surface area contributed by atoms with Crippen molar-refractivity contribution in [3.63, 3.8) is 0 Å². The minimum absolute atomic E-state index is 0.00180. The second-order valence-electron chi connectivity index (χ2n) is 7.59. The highest BCUT2D eigenvalue weighted by atomic mass is 32.1. The second-order valence-corrected chi connectivity index (χ2v) is 8.47. The molecule has 0 saturated carbocycles. The number of nitrogens with zero attached hydrogens (tertiary/aromatic N) is 1. The van der Waals surface area contributed by atoms with E-state index in [0.717, 1.165) is 17.2 Å². The lowest BCUT2D eigenvalue weighted by atomic mass is 10.2. The van der Waals surface area contributed by atoms with Crippen molar-refractivity contribution >= 4 is 33.4 Å². The number of hydrogen-bond acceptors (Lipinski definition) is 8. The predicted molar refractivity (Wildman–Crippen MR) is 128 cm³/mol. The Kier molecular flexibility index (Phi) is 7.31. The van der Waals surface area contributed by atoms with Crippen LogP contribution < -0.4 is 19.9 Å². The summed E-state index contributed by atoms with van der Waals surface area (Å²) in [4.78, 5) is 15.9. The number of carbonyl (C=O) groups is 1. The molecule has 2 aromatic carbocycles. The molecule has 182 valence electrons. The number of aryl methyl sites for hydroxylation is 1. The molecular formula is C25H22F2N2O5S. The van der Waals surface area contributed by atoms with Gasteiger partial charge in [0.25, 0.3) is 0 Å². The summed E-state index contributed by atoms with van der Waals surface area (Å²) in [6.45, 7) is 3.92. The van der Waals surface area contributed by atoms with Gasteiger partial charge < -0.3 is 24.7 Å². The van der Waals surface area contributed by atoms with Crippen LogP contribution in [-0.2, 0) is 18.0 Å². The summed E-state index contributed by atoms with van der Waals surface area (Å²) in [6, 6.07) is 8.56. The van der Waals surface area contributed by atoms with Crippen molar-refractivity contribution in [1.82, 2.24) is 4.98 Å². The molecule has 0 radical (unpaired) electrons. The Balaban J connectivity index is 1.49. The Hall–Kier alpha value is -3.92. The quantitative estimate of drug-likeness (QED) is 0.290. The lowest BCUT2D eigenvalue weighted by Crippen LogP contribution is -2.10. The zero-order valence-electron chi connectivity index (χ0n) is 19.0. The molecule has 0 bridgehead atoms. The molecule has 2 aromatic heterocycles. The highest BCUT2D eigenvalue weighted by Crippen LogP contribution is 2.37. The van der Waals surface area contributed by atoms with Gasteiger partial charge >= 0.3 is 6.16 Å². The summed E-state index contributed by atoms with van der Waals surface area (Å²) in [5.41, 5.74) is 8.11. The highest BCUT2D eigenvalue weighted by molar-refractivity contribution is 7.17. The lowest BCUT2D eigenvalue weighted by molar-refractivity contribution is 0.105. The molecule has 0 atom stereocenters. The topological polar surface area (TPSA) is 92.9 Å². The van der Waals surface area contributed by atoms with E-state index in [1.165, 1.54) is 29.7 Å². The van der Waals surface area contributed by atoms with Gasteiger partial charge in [-0.3, -0.25) is 0 Å². The fraction of sp³-hybridized carbons (Fsp3) is 0.200. The van der Waals surface area contributed by atoms with Crippen LogP contribution in [0.25, 0.3) is 10.1 Å². The number of nitrogen functional groups attached to an aromatic ring is 1. The number of fused-ring (bicyclic) bond motifs is 1. The average molecular weight is 501 g/mol. The second kappa shape index (κ2) is 10.6. The minimum atomic E-state index is -0.820. The monoisotopic (exact) mass is 500 g/mol. The molecule has 2 heterocycles. The number of hydrogen-bond donors (Lipinski definition) is 1. The number of halogens is 2. The number of anilines is 1. The fourth-order valence-corrected chi connectivity index (χ4v) is 4.44. The maximum Gasteiger partial charge on any atom is 0.513 e. The van der Waals surface area contributed by atoms with Crippen LogP contribution in [0.3, 0.4) is 0 Å². The van der Waals surface area contributed by atoms with Crippen LogP contribution in [-0.4, -0.2) is 17.7 Å². The molecule has 0 aliphatic carbocycles. The number of aromatic nitrogens is 1. The van der Waals surface area contributed by atoms with Gasteiger partial charge in [-0.15, -0.1) is 11.3 Å². The molecule has 0 aliphatic heterocycles. The van der Waals surface area contributed by atoms with Crippen molar-refractivity contribution in [3.05, 3.63) is 76.3 Å². The number of ether oxygens (including phenoxy) is 4. The SMILES string of the molecule is CCOC(=O)Oc1cnc(N)c2c(COc3cc(C)cc(OCc4cc(F)cc(F)c4)c3)csc12. The third-order valence-corrected chi connectivity index (χ3v) is 5.91. The minimum Gasteiger partial charge on any atom is -0.489 e. The van der Waals surface area contributed by atoms with Gasteiger partial charge in [0.15, 0.2) is 5.75 Å². The van der Waals surface area contributed by atoms with Gasteiger partial charge in [-0.1, -0.05) is 0 Å². The first-order chi connectivity index (χ1) is 16.8. The third kappa shape index (κ3) is 5.96. The van der Waals surface area contributed by atoms with Crippen LogP contribution in [0.4, 0.5) is 19.4 Å². The number of rotatable bonds is 8. The number of carbonyl (C=O) groups excluding carboxylic acids is 1. The predicted octanol–water partition coefficient (Wildman–Crippen LogP) is 6.16. The summed E-state index contributed by atoms with van der Waals surface area (Å²) >= 11 is 1.35. The van der Waals surface area contributed by atoms with Crippen molar-refractivity contribution in [2.45, 2.75) is 27.1 Å². The average Bonchev–Trinajstić information content (AvgIpc) is 3.23. The first kappa shape index (κ1) is 24.2. The molecule has 0 aliphatic rings. The van der Waals surface area contributed by atoms with Gasteiger partial charge in [0.05, 0.1) is 17.5 Å². The Labute approximate surface area is 204 Å². The number of nitrogens with two attached hydrogens (primary N) is 1. The summed E-state index contributed by atoms with van der Waals surface area (Å²) < 4.78 is 49.3. The van der Waals surface area contributed by atoms with Gasteiger partial charge in [0.1, 0.15) is 42.2 Å². The van der Waals surface area contributed by atoms with E-state index in [9.17, 15) is 13.6 Å². The van der Waals surface area contributed by atoms with Crippen LogP contribution in [0, 0.1) is 18.6 Å². The number of pyridine rings is 1. The summed E-state index contributed by atoms with van der Waals surface area (Å²) in [5, 5.41) is 2.49. The third-order valence-electron chi connectivity index (χ3n) is 4.87. The lowest BCUT2D eigenvalue weighted by Gasteiger charge is -2.12. The van der Waals surface area contributed by atoms with Crippen LogP contribution in [0.15, 0.2) is 48.0 Å². The molecule has 0 amide bonds. The van der Waals surface area contributed by atoms with Gasteiger partial charge in [-0.05, 0) is 54.6 Å². The van der Waals surface area contributed by atoms with Gasteiger partial charge in [-0.2, -0.15) is 0 Å². The molecule has 0 saturated heterocycles. The van der Waals surface area contributed by atoms with E-state index in [-0.39, 0.29) is 31.4 Å². The van der Waals surface area contributed by atoms with Gasteiger partial charge in [-0.25, -0.2) is 18.6 Å². The number of thiophene rings is 1. The van der Waals surface area contributed by atoms with Crippen molar-refractivity contribution < 1.29 is 32.5 Å². The molecule has 4 rings (SSSR count). The Bertz CT molecular complexity index is 1360. The van der Waals surface area contributed by atoms with Crippen molar-refractivity contribution in [1.29, 1.82) is 0 Å². The molecule has 0 spiro atoms. The largest absolute Gasteiger partial charge is 0.513 e. The number of benzene rings is 2. The molecule has 0 fully saturated rings. The van der Waals surface area contributed by atoms with E-state index in [4.69, 9.17) is 24.7 Å². The first-order valence-electron chi connectivity index (χ1n) is 10.6. The van der Waals surface area contributed by atoms with Crippen molar-refractivity contribution in [2.75, 3.05) is 12.3 Å². The van der Waals surface area contributed by atoms with Crippen LogP contribution in [0.5, 0.6) is 17.2 Å². The molecule has 35 heavy (non-hydrogen) atoms. The molecule has 0 unspecified atom stereocenters. The summed E-state index contributed by atoms with van der Waals surface area (Å²) in [7, 11) is 0. The molecular weight excluding hydrogens is 478 g/mol. The van der Waals surface area contributed by atoms with E-state index in [0.29, 0.717) is 27.1 Å². The zero-order valence-corrected chi connectivity index (χ0v) is 19.8. The molecule has 10 heteroatoms. The first-order valence-corrected chi connectivity index (χ1v) is 11.5. The maximum absolute atomic E-state index is 13.4. The molecule has 4 aromatic rings. The van der Waals surface area contributed by atoms with E-state index >= 15 is 0 Å². The van der Waals surface area contributed by atoms with Gasteiger partial charge in [0, 0.05) is 23.1 Å². The van der Waals surface area contributed by atoms with Crippen molar-refractivity contribution in [3.8, 4) is 17.2 Å². The van der Waals surface area contributed by atoms with Crippen molar-refractivity contribution in [2.24, 2.45) is 0 Å². The Morgan fingerprint density at radius 1 is 1.03 bits per heavy atom. The zero-order chi connectivity index (χ0) is 24.9. The smallest absolute Gasteiger partial charge is 0.489 e. The van der Waals surface area contributed by atoms with E-state index in [1.807, 2.05) is 18.4 Å². The highest BCUT2D eigenvalue weighted by Gasteiger charge is 2.17. The molecule has 7 nitrogen and oxygen atoms in total. The van der Waals surface area contributed by atoms with Gasteiger partial charge in [0.2, 0.25) is 0 Å². The summed E-state index contributed by atoms with van der Waals surface area (Å²) in [5.74, 6) is 0.241. The van der Waals surface area contributed by atoms with Crippen LogP contribution in [0.1, 0.15) is 23.6 Å². The van der Waals surface area contributed by atoms with Crippen LogP contribution in [0.2, 0.25) is 0 Å². The van der Waals surface area contributed by atoms with E-state index in [1.54, 1.807) is 19.1 Å². The Morgan fingerprint density at radius 3 is 2.40 bits per heavy atom.